The minimum atomic E-state index is 0.715. The van der Waals surface area contributed by atoms with E-state index in [0.717, 1.165) is 17.3 Å². The largest absolute Gasteiger partial charge is 0.399 e. The van der Waals surface area contributed by atoms with Crippen molar-refractivity contribution in [2.24, 2.45) is 0 Å². The molecule has 1 aromatic carbocycles. The van der Waals surface area contributed by atoms with Crippen molar-refractivity contribution in [2.75, 3.05) is 12.3 Å². The highest BCUT2D eigenvalue weighted by molar-refractivity contribution is 6.30. The van der Waals surface area contributed by atoms with E-state index in [4.69, 9.17) is 17.3 Å². The van der Waals surface area contributed by atoms with Crippen LogP contribution >= 0.6 is 11.6 Å². The van der Waals surface area contributed by atoms with Crippen LogP contribution in [-0.4, -0.2) is 17.5 Å². The first kappa shape index (κ1) is 13.7. The number of nitrogen functional groups attached to an aromatic ring is 1. The van der Waals surface area contributed by atoms with E-state index in [0.29, 0.717) is 6.04 Å². The lowest BCUT2D eigenvalue weighted by Crippen LogP contribution is -2.33. The summed E-state index contributed by atoms with van der Waals surface area (Å²) >= 11 is 6.07. The summed E-state index contributed by atoms with van der Waals surface area (Å²) in [7, 11) is 0. The molecule has 0 radical (unpaired) electrons. The molecule has 3 heteroatoms. The van der Waals surface area contributed by atoms with E-state index in [1.165, 1.54) is 44.2 Å². The molecule has 0 aliphatic carbocycles. The molecule has 0 spiro atoms. The quantitative estimate of drug-likeness (QED) is 0.836. The van der Waals surface area contributed by atoms with Crippen LogP contribution in [0, 0.1) is 0 Å². The lowest BCUT2D eigenvalue weighted by Gasteiger charge is -2.29. The molecule has 1 heterocycles. The third kappa shape index (κ3) is 3.63. The first-order chi connectivity index (χ1) is 8.69. The van der Waals surface area contributed by atoms with E-state index >= 15 is 0 Å². The lowest BCUT2D eigenvalue weighted by molar-refractivity contribution is 0.186. The van der Waals surface area contributed by atoms with Crippen LogP contribution in [0.1, 0.15) is 44.6 Å². The van der Waals surface area contributed by atoms with Crippen molar-refractivity contribution in [3.05, 3.63) is 28.8 Å². The topological polar surface area (TPSA) is 29.3 Å². The zero-order valence-electron chi connectivity index (χ0n) is 11.2. The second-order valence-electron chi connectivity index (χ2n) is 5.27. The van der Waals surface area contributed by atoms with Crippen molar-refractivity contribution in [1.29, 1.82) is 0 Å². The van der Waals surface area contributed by atoms with Crippen LogP contribution < -0.4 is 5.73 Å². The van der Waals surface area contributed by atoms with Gasteiger partial charge in [-0.1, -0.05) is 31.4 Å². The van der Waals surface area contributed by atoms with E-state index in [1.54, 1.807) is 0 Å². The number of likely N-dealkylation sites (tertiary alicyclic amines) is 1. The van der Waals surface area contributed by atoms with Gasteiger partial charge in [-0.2, -0.15) is 0 Å². The summed E-state index contributed by atoms with van der Waals surface area (Å²) in [5.74, 6) is 0. The fourth-order valence-corrected chi connectivity index (χ4v) is 3.17. The summed E-state index contributed by atoms with van der Waals surface area (Å²) in [5, 5.41) is 0.743. The molecule has 1 fully saturated rings. The van der Waals surface area contributed by atoms with Gasteiger partial charge in [0, 0.05) is 23.3 Å². The fraction of sp³-hybridized carbons (Fsp3) is 0.600. The van der Waals surface area contributed by atoms with Crippen molar-refractivity contribution in [3.63, 3.8) is 0 Å². The Hall–Kier alpha value is -0.730. The van der Waals surface area contributed by atoms with Crippen molar-refractivity contribution < 1.29 is 0 Å². The predicted molar refractivity (Wildman–Crippen MR) is 78.8 cm³/mol. The van der Waals surface area contributed by atoms with Crippen LogP contribution in [0.25, 0.3) is 0 Å². The van der Waals surface area contributed by atoms with Crippen LogP contribution in [0.3, 0.4) is 0 Å². The van der Waals surface area contributed by atoms with E-state index in [-0.39, 0.29) is 0 Å². The zero-order chi connectivity index (χ0) is 13.0. The van der Waals surface area contributed by atoms with Crippen molar-refractivity contribution in [2.45, 2.75) is 51.6 Å². The maximum absolute atomic E-state index is 6.07. The van der Waals surface area contributed by atoms with E-state index in [2.05, 4.69) is 11.8 Å². The van der Waals surface area contributed by atoms with Gasteiger partial charge >= 0.3 is 0 Å². The Morgan fingerprint density at radius 3 is 2.83 bits per heavy atom. The minimum Gasteiger partial charge on any atom is -0.399 e. The molecule has 2 rings (SSSR count). The Morgan fingerprint density at radius 2 is 2.11 bits per heavy atom. The summed E-state index contributed by atoms with van der Waals surface area (Å²) in [4.78, 5) is 2.60. The van der Waals surface area contributed by atoms with Gasteiger partial charge in [0.15, 0.2) is 0 Å². The van der Waals surface area contributed by atoms with Gasteiger partial charge in [0.05, 0.1) is 0 Å². The summed E-state index contributed by atoms with van der Waals surface area (Å²) < 4.78 is 0. The molecule has 2 nitrogen and oxygen atoms in total. The molecule has 18 heavy (non-hydrogen) atoms. The first-order valence-corrected chi connectivity index (χ1v) is 7.36. The highest BCUT2D eigenvalue weighted by atomic mass is 35.5. The maximum atomic E-state index is 6.07. The van der Waals surface area contributed by atoms with Gasteiger partial charge in [-0.25, -0.2) is 0 Å². The monoisotopic (exact) mass is 266 g/mol. The van der Waals surface area contributed by atoms with Crippen LogP contribution in [-0.2, 0) is 6.54 Å². The van der Waals surface area contributed by atoms with Gasteiger partial charge in [-0.05, 0) is 49.6 Å². The molecular formula is C15H23ClN2. The van der Waals surface area contributed by atoms with Crippen LogP contribution in [0.2, 0.25) is 5.02 Å². The van der Waals surface area contributed by atoms with Gasteiger partial charge in [0.2, 0.25) is 0 Å². The molecule has 0 bridgehead atoms. The second-order valence-corrected chi connectivity index (χ2v) is 5.71. The highest BCUT2D eigenvalue weighted by Gasteiger charge is 2.19. The van der Waals surface area contributed by atoms with Gasteiger partial charge in [-0.15, -0.1) is 0 Å². The molecule has 1 saturated heterocycles. The molecule has 1 aliphatic heterocycles. The van der Waals surface area contributed by atoms with Gasteiger partial charge < -0.3 is 5.73 Å². The maximum Gasteiger partial charge on any atom is 0.0429 e. The Bertz CT molecular complexity index is 372. The van der Waals surface area contributed by atoms with E-state index in [9.17, 15) is 0 Å². The molecule has 1 aliphatic rings. The summed E-state index contributed by atoms with van der Waals surface area (Å²) in [6, 6.07) is 6.61. The molecule has 1 unspecified atom stereocenters. The number of benzene rings is 1. The summed E-state index contributed by atoms with van der Waals surface area (Å²) in [5.41, 5.74) is 7.86. The van der Waals surface area contributed by atoms with Crippen LogP contribution in [0.15, 0.2) is 18.2 Å². The summed E-state index contributed by atoms with van der Waals surface area (Å²) in [6.45, 7) is 4.46. The predicted octanol–water partition coefficient (Wildman–Crippen LogP) is 4.08. The van der Waals surface area contributed by atoms with E-state index in [1.807, 2.05) is 18.2 Å². The SMILES string of the molecule is CCC1CCCCCN1Cc1cc(N)cc(Cl)c1. The summed E-state index contributed by atoms with van der Waals surface area (Å²) in [6.07, 6.45) is 6.60. The number of nitrogens with zero attached hydrogens (tertiary/aromatic N) is 1. The molecular weight excluding hydrogens is 244 g/mol. The minimum absolute atomic E-state index is 0.715. The standard InChI is InChI=1S/C15H23ClN2/c1-2-15-6-4-3-5-7-18(15)11-12-8-13(16)10-14(17)9-12/h8-10,15H,2-7,11,17H2,1H3. The lowest BCUT2D eigenvalue weighted by atomic mass is 10.1. The number of hydrogen-bond donors (Lipinski definition) is 1. The average molecular weight is 267 g/mol. The van der Waals surface area contributed by atoms with Crippen LogP contribution in [0.4, 0.5) is 5.69 Å². The molecule has 0 saturated carbocycles. The second kappa shape index (κ2) is 6.44. The van der Waals surface area contributed by atoms with Gasteiger partial charge in [-0.3, -0.25) is 4.90 Å². The number of hydrogen-bond acceptors (Lipinski definition) is 2. The van der Waals surface area contributed by atoms with Crippen molar-refractivity contribution >= 4 is 17.3 Å². The molecule has 2 N–H and O–H groups in total. The average Bonchev–Trinajstić information content (AvgIpc) is 2.52. The Balaban J connectivity index is 2.09. The van der Waals surface area contributed by atoms with Crippen molar-refractivity contribution in [3.8, 4) is 0 Å². The Morgan fingerprint density at radius 1 is 1.28 bits per heavy atom. The Kier molecular flexibility index (Phi) is 4.90. The number of halogens is 1. The molecule has 0 aromatic heterocycles. The normalized spacial score (nSPS) is 21.8. The molecule has 0 amide bonds. The first-order valence-electron chi connectivity index (χ1n) is 6.98. The molecule has 100 valence electrons. The van der Waals surface area contributed by atoms with Gasteiger partial charge in [0.25, 0.3) is 0 Å². The molecule has 1 aromatic rings. The van der Waals surface area contributed by atoms with Crippen LogP contribution in [0.5, 0.6) is 0 Å². The number of anilines is 1. The smallest absolute Gasteiger partial charge is 0.0429 e. The highest BCUT2D eigenvalue weighted by Crippen LogP contribution is 2.23. The number of nitrogens with two attached hydrogens (primary N) is 1. The third-order valence-corrected chi connectivity index (χ3v) is 4.05. The zero-order valence-corrected chi connectivity index (χ0v) is 11.9. The number of rotatable bonds is 3. The van der Waals surface area contributed by atoms with Crippen molar-refractivity contribution in [1.82, 2.24) is 4.90 Å². The van der Waals surface area contributed by atoms with E-state index < -0.39 is 0 Å². The fourth-order valence-electron chi connectivity index (χ4n) is 2.91. The molecule has 1 atom stereocenters. The Labute approximate surface area is 115 Å². The van der Waals surface area contributed by atoms with Gasteiger partial charge in [0.1, 0.15) is 0 Å². The third-order valence-electron chi connectivity index (χ3n) is 3.84.